The Morgan fingerprint density at radius 3 is 2.73 bits per heavy atom. The van der Waals surface area contributed by atoms with Gasteiger partial charge in [-0.25, -0.2) is 0 Å². The molecule has 1 saturated heterocycles. The lowest BCUT2D eigenvalue weighted by molar-refractivity contribution is -0.124. The van der Waals surface area contributed by atoms with Crippen LogP contribution in [0.25, 0.3) is 0 Å². The Morgan fingerprint density at radius 1 is 1.40 bits per heavy atom. The molecular formula is C12H22N2O. The lowest BCUT2D eigenvalue weighted by Crippen LogP contribution is -2.50. The molecule has 2 N–H and O–H groups in total. The molecule has 2 aliphatic rings. The molecule has 1 aliphatic heterocycles. The van der Waals surface area contributed by atoms with Crippen molar-refractivity contribution in [3.8, 4) is 0 Å². The molecule has 1 saturated carbocycles. The van der Waals surface area contributed by atoms with Crippen LogP contribution in [0.2, 0.25) is 0 Å². The zero-order valence-electron chi connectivity index (χ0n) is 9.75. The van der Waals surface area contributed by atoms with Gasteiger partial charge in [0.2, 0.25) is 5.91 Å². The molecule has 86 valence electrons. The lowest BCUT2D eigenvalue weighted by atomic mass is 9.94. The van der Waals surface area contributed by atoms with E-state index in [1.807, 2.05) is 0 Å². The first-order valence-corrected chi connectivity index (χ1v) is 6.20. The van der Waals surface area contributed by atoms with E-state index in [-0.39, 0.29) is 11.9 Å². The Labute approximate surface area is 92.0 Å². The van der Waals surface area contributed by atoms with Gasteiger partial charge < -0.3 is 10.6 Å². The Bertz CT molecular complexity index is 238. The minimum Gasteiger partial charge on any atom is -0.352 e. The number of hydrogen-bond acceptors (Lipinski definition) is 2. The van der Waals surface area contributed by atoms with Crippen LogP contribution in [-0.2, 0) is 4.79 Å². The maximum absolute atomic E-state index is 11.9. The molecule has 1 aliphatic carbocycles. The molecule has 1 heterocycles. The van der Waals surface area contributed by atoms with Gasteiger partial charge in [-0.1, -0.05) is 6.92 Å². The molecule has 1 amide bonds. The van der Waals surface area contributed by atoms with Crippen LogP contribution in [0.15, 0.2) is 0 Å². The fourth-order valence-electron chi connectivity index (χ4n) is 2.35. The molecule has 0 aromatic heterocycles. The van der Waals surface area contributed by atoms with Crippen LogP contribution in [-0.4, -0.2) is 24.5 Å². The van der Waals surface area contributed by atoms with Crippen molar-refractivity contribution in [2.75, 3.05) is 6.54 Å². The molecule has 0 bridgehead atoms. The Hall–Kier alpha value is -0.570. The second kappa shape index (κ2) is 4.52. The second-order valence-electron chi connectivity index (χ2n) is 5.27. The summed E-state index contributed by atoms with van der Waals surface area (Å²) in [6.45, 7) is 5.34. The molecular weight excluding hydrogens is 188 g/mol. The van der Waals surface area contributed by atoms with Crippen molar-refractivity contribution < 1.29 is 4.79 Å². The van der Waals surface area contributed by atoms with Crippen molar-refractivity contribution in [1.29, 1.82) is 0 Å². The van der Waals surface area contributed by atoms with Gasteiger partial charge in [0.1, 0.15) is 0 Å². The van der Waals surface area contributed by atoms with Gasteiger partial charge in [0.15, 0.2) is 0 Å². The Morgan fingerprint density at radius 2 is 2.13 bits per heavy atom. The molecule has 3 atom stereocenters. The zero-order chi connectivity index (χ0) is 10.8. The highest BCUT2D eigenvalue weighted by atomic mass is 16.2. The molecule has 15 heavy (non-hydrogen) atoms. The number of carbonyl (C=O) groups is 1. The van der Waals surface area contributed by atoms with Crippen molar-refractivity contribution in [3.63, 3.8) is 0 Å². The van der Waals surface area contributed by atoms with Gasteiger partial charge >= 0.3 is 0 Å². The van der Waals surface area contributed by atoms with Crippen LogP contribution >= 0.6 is 0 Å². The van der Waals surface area contributed by atoms with E-state index in [1.54, 1.807) is 0 Å². The second-order valence-corrected chi connectivity index (χ2v) is 5.27. The molecule has 2 fully saturated rings. The minimum atomic E-state index is 0.0509. The number of amides is 1. The molecule has 0 aromatic carbocycles. The van der Waals surface area contributed by atoms with Gasteiger partial charge in [0.05, 0.1) is 6.04 Å². The van der Waals surface area contributed by atoms with Crippen molar-refractivity contribution in [3.05, 3.63) is 0 Å². The molecule has 3 heteroatoms. The van der Waals surface area contributed by atoms with E-state index in [2.05, 4.69) is 24.5 Å². The van der Waals surface area contributed by atoms with Crippen molar-refractivity contribution >= 4 is 5.91 Å². The molecule has 0 radical (unpaired) electrons. The average Bonchev–Trinajstić information content (AvgIpc) is 3.00. The lowest BCUT2D eigenvalue weighted by Gasteiger charge is -2.28. The SMILES string of the molecule is CC1CCNC(C(=O)NC(C)C2CC2)C1. The van der Waals surface area contributed by atoms with E-state index in [4.69, 9.17) is 0 Å². The maximum atomic E-state index is 11.9. The summed E-state index contributed by atoms with van der Waals surface area (Å²) in [5.74, 6) is 1.63. The van der Waals surface area contributed by atoms with Gasteiger partial charge in [-0.15, -0.1) is 0 Å². The monoisotopic (exact) mass is 210 g/mol. The van der Waals surface area contributed by atoms with Crippen molar-refractivity contribution in [2.45, 2.75) is 51.6 Å². The van der Waals surface area contributed by atoms with E-state index >= 15 is 0 Å². The van der Waals surface area contributed by atoms with Crippen LogP contribution in [0.4, 0.5) is 0 Å². The Kier molecular flexibility index (Phi) is 3.29. The summed E-state index contributed by atoms with van der Waals surface area (Å²) in [5, 5.41) is 6.43. The van der Waals surface area contributed by atoms with E-state index in [0.29, 0.717) is 12.0 Å². The maximum Gasteiger partial charge on any atom is 0.237 e. The predicted molar refractivity (Wildman–Crippen MR) is 60.5 cm³/mol. The first kappa shape index (κ1) is 10.9. The standard InChI is InChI=1S/C12H22N2O/c1-8-5-6-13-11(7-8)12(15)14-9(2)10-3-4-10/h8-11,13H,3-7H2,1-2H3,(H,14,15). The number of piperidine rings is 1. The molecule has 2 rings (SSSR count). The van der Waals surface area contributed by atoms with Crippen molar-refractivity contribution in [1.82, 2.24) is 10.6 Å². The van der Waals surface area contributed by atoms with Gasteiger partial charge in [0, 0.05) is 6.04 Å². The minimum absolute atomic E-state index is 0.0509. The van der Waals surface area contributed by atoms with Crippen LogP contribution in [0.1, 0.15) is 39.5 Å². The fourth-order valence-corrected chi connectivity index (χ4v) is 2.35. The first-order valence-electron chi connectivity index (χ1n) is 6.20. The van der Waals surface area contributed by atoms with E-state index in [1.165, 1.54) is 19.3 Å². The summed E-state index contributed by atoms with van der Waals surface area (Å²) >= 11 is 0. The number of carbonyl (C=O) groups excluding carboxylic acids is 1. The number of rotatable bonds is 3. The number of nitrogens with one attached hydrogen (secondary N) is 2. The van der Waals surface area contributed by atoms with Gasteiger partial charge in [0.25, 0.3) is 0 Å². The van der Waals surface area contributed by atoms with Crippen LogP contribution < -0.4 is 10.6 Å². The predicted octanol–water partition coefficient (Wildman–Crippen LogP) is 1.29. The quantitative estimate of drug-likeness (QED) is 0.737. The topological polar surface area (TPSA) is 41.1 Å². The largest absolute Gasteiger partial charge is 0.352 e. The Balaban J connectivity index is 1.78. The van der Waals surface area contributed by atoms with Crippen molar-refractivity contribution in [2.24, 2.45) is 11.8 Å². The summed E-state index contributed by atoms with van der Waals surface area (Å²) < 4.78 is 0. The fraction of sp³-hybridized carbons (Fsp3) is 0.917. The van der Waals surface area contributed by atoms with E-state index < -0.39 is 0 Å². The number of hydrogen-bond donors (Lipinski definition) is 2. The van der Waals surface area contributed by atoms with Crippen LogP contribution in [0.5, 0.6) is 0 Å². The summed E-state index contributed by atoms with van der Waals surface area (Å²) in [6, 6.07) is 0.423. The smallest absolute Gasteiger partial charge is 0.237 e. The molecule has 0 spiro atoms. The molecule has 0 aromatic rings. The van der Waals surface area contributed by atoms with E-state index in [0.717, 1.165) is 18.9 Å². The summed E-state index contributed by atoms with van der Waals surface area (Å²) in [5.41, 5.74) is 0. The normalized spacial score (nSPS) is 33.5. The van der Waals surface area contributed by atoms with Gasteiger partial charge in [-0.2, -0.15) is 0 Å². The van der Waals surface area contributed by atoms with E-state index in [9.17, 15) is 4.79 Å². The third-order valence-corrected chi connectivity index (χ3v) is 3.68. The highest BCUT2D eigenvalue weighted by molar-refractivity contribution is 5.82. The molecule has 3 nitrogen and oxygen atoms in total. The zero-order valence-corrected chi connectivity index (χ0v) is 9.75. The summed E-state index contributed by atoms with van der Waals surface area (Å²) in [4.78, 5) is 11.9. The van der Waals surface area contributed by atoms with Gasteiger partial charge in [-0.3, -0.25) is 4.79 Å². The molecule has 3 unspecified atom stereocenters. The highest BCUT2D eigenvalue weighted by Gasteiger charge is 2.31. The third-order valence-electron chi connectivity index (χ3n) is 3.68. The average molecular weight is 210 g/mol. The third kappa shape index (κ3) is 2.94. The van der Waals surface area contributed by atoms with Crippen LogP contribution in [0.3, 0.4) is 0 Å². The summed E-state index contributed by atoms with van der Waals surface area (Å²) in [6.07, 6.45) is 4.76. The first-order chi connectivity index (χ1) is 7.16. The summed E-state index contributed by atoms with van der Waals surface area (Å²) in [7, 11) is 0. The van der Waals surface area contributed by atoms with Crippen LogP contribution in [0, 0.1) is 11.8 Å². The van der Waals surface area contributed by atoms with Gasteiger partial charge in [-0.05, 0) is 51.0 Å². The highest BCUT2D eigenvalue weighted by Crippen LogP contribution is 2.32.